The van der Waals surface area contributed by atoms with Gasteiger partial charge in [0.25, 0.3) is 0 Å². The number of esters is 2. The van der Waals surface area contributed by atoms with Crippen LogP contribution in [0.2, 0.25) is 0 Å². The molecule has 0 aromatic carbocycles. The highest BCUT2D eigenvalue weighted by Gasteiger charge is 2.22. The van der Waals surface area contributed by atoms with Crippen LogP contribution in [0.15, 0.2) is 48.6 Å². The molecule has 9 heteroatoms. The number of aliphatic carboxylic acids is 1. The molecule has 0 amide bonds. The summed E-state index contributed by atoms with van der Waals surface area (Å²) in [5, 5.41) is 11.7. The van der Waals surface area contributed by atoms with E-state index >= 15 is 0 Å². The molecule has 0 aromatic heterocycles. The van der Waals surface area contributed by atoms with Gasteiger partial charge in [0.05, 0.1) is 40.3 Å². The summed E-state index contributed by atoms with van der Waals surface area (Å²) >= 11 is 0. The zero-order chi connectivity index (χ0) is 50.6. The van der Waals surface area contributed by atoms with Gasteiger partial charge in [0.2, 0.25) is 0 Å². The number of carboxylic acids is 1. The fourth-order valence-electron chi connectivity index (χ4n) is 8.13. The third kappa shape index (κ3) is 52.9. The van der Waals surface area contributed by atoms with Gasteiger partial charge in [-0.25, -0.2) is 0 Å². The number of carboxylic acid groups (broad SMARTS) is 1. The first-order valence-corrected chi connectivity index (χ1v) is 28.8. The van der Waals surface area contributed by atoms with Crippen LogP contribution >= 0.6 is 0 Å². The molecule has 69 heavy (non-hydrogen) atoms. The van der Waals surface area contributed by atoms with Crippen LogP contribution in [0.5, 0.6) is 0 Å². The van der Waals surface area contributed by atoms with Crippen LogP contribution in [0.4, 0.5) is 0 Å². The van der Waals surface area contributed by atoms with Crippen molar-refractivity contribution >= 4 is 17.9 Å². The first-order chi connectivity index (χ1) is 33.6. The number of unbranched alkanes of at least 4 members (excludes halogenated alkanes) is 30. The fraction of sp³-hybridized carbons (Fsp3) is 0.817. The molecule has 9 nitrogen and oxygen atoms in total. The maximum Gasteiger partial charge on any atom is 0.306 e. The Balaban J connectivity index is 4.13. The molecule has 0 heterocycles. The van der Waals surface area contributed by atoms with Crippen molar-refractivity contribution < 1.29 is 42.9 Å². The highest BCUT2D eigenvalue weighted by atomic mass is 16.7. The molecule has 0 aliphatic rings. The molecule has 0 saturated carbocycles. The second kappa shape index (κ2) is 51.6. The van der Waals surface area contributed by atoms with Crippen LogP contribution in [0.1, 0.15) is 258 Å². The minimum atomic E-state index is -1.63. The summed E-state index contributed by atoms with van der Waals surface area (Å²) in [7, 11) is 5.91. The van der Waals surface area contributed by atoms with Crippen molar-refractivity contribution in [3.8, 4) is 0 Å². The highest BCUT2D eigenvalue weighted by molar-refractivity contribution is 5.70. The lowest BCUT2D eigenvalue weighted by atomic mass is 10.0. The Kier molecular flexibility index (Phi) is 49.5. The fourth-order valence-corrected chi connectivity index (χ4v) is 8.13. The first-order valence-electron chi connectivity index (χ1n) is 28.8. The lowest BCUT2D eigenvalue weighted by molar-refractivity contribution is -0.870. The smallest absolute Gasteiger partial charge is 0.306 e. The second-order valence-corrected chi connectivity index (χ2v) is 20.5. The summed E-state index contributed by atoms with van der Waals surface area (Å²) < 4.78 is 22.6. The number of likely N-dealkylation sites (N-methyl/N-ethyl adjacent to an activating group) is 1. The Morgan fingerprint density at radius 3 is 1.25 bits per heavy atom. The Morgan fingerprint density at radius 1 is 0.449 bits per heavy atom. The lowest BCUT2D eigenvalue weighted by Gasteiger charge is -2.26. The van der Waals surface area contributed by atoms with Crippen molar-refractivity contribution in [1.82, 2.24) is 0 Å². The van der Waals surface area contributed by atoms with Gasteiger partial charge in [-0.3, -0.25) is 9.59 Å². The topological polar surface area (TPSA) is 111 Å². The number of carbonyl (C=O) groups is 3. The van der Waals surface area contributed by atoms with Crippen LogP contribution in [-0.2, 0) is 33.3 Å². The van der Waals surface area contributed by atoms with Crippen LogP contribution < -0.4 is 5.11 Å². The van der Waals surface area contributed by atoms with E-state index in [4.69, 9.17) is 18.9 Å². The molecule has 2 atom stereocenters. The molecule has 0 bridgehead atoms. The van der Waals surface area contributed by atoms with Gasteiger partial charge >= 0.3 is 11.9 Å². The number of quaternary nitrogens is 1. The summed E-state index contributed by atoms with van der Waals surface area (Å²) in [6.45, 7) is 4.63. The Hall–Kier alpha value is -2.75. The van der Waals surface area contributed by atoms with Crippen molar-refractivity contribution in [2.45, 2.75) is 270 Å². The number of rotatable bonds is 53. The summed E-state index contributed by atoms with van der Waals surface area (Å²) in [5.74, 6) is -2.30. The monoisotopic (exact) mass is 972 g/mol. The normalized spacial score (nSPS) is 13.1. The first kappa shape index (κ1) is 66.2. The highest BCUT2D eigenvalue weighted by Crippen LogP contribution is 2.16. The van der Waals surface area contributed by atoms with Gasteiger partial charge in [0.1, 0.15) is 13.2 Å². The van der Waals surface area contributed by atoms with Crippen LogP contribution in [0, 0.1) is 0 Å². The zero-order valence-electron chi connectivity index (χ0n) is 45.7. The Morgan fingerprint density at radius 2 is 0.826 bits per heavy atom. The molecule has 2 unspecified atom stereocenters. The van der Waals surface area contributed by atoms with Gasteiger partial charge in [0.15, 0.2) is 12.4 Å². The van der Waals surface area contributed by atoms with Crippen molar-refractivity contribution in [3.63, 3.8) is 0 Å². The molecule has 0 N–H and O–H groups in total. The van der Waals surface area contributed by atoms with E-state index < -0.39 is 24.3 Å². The minimum absolute atomic E-state index is 0.144. The number of allylic oxidation sites excluding steroid dienone is 8. The van der Waals surface area contributed by atoms with Gasteiger partial charge < -0.3 is 33.3 Å². The van der Waals surface area contributed by atoms with Crippen molar-refractivity contribution in [2.75, 3.05) is 47.5 Å². The summed E-state index contributed by atoms with van der Waals surface area (Å²) in [5.41, 5.74) is 0. The number of hydrogen-bond donors (Lipinski definition) is 0. The largest absolute Gasteiger partial charge is 0.545 e. The van der Waals surface area contributed by atoms with Crippen molar-refractivity contribution in [2.24, 2.45) is 0 Å². The zero-order valence-corrected chi connectivity index (χ0v) is 45.7. The number of ether oxygens (including phenoxy) is 4. The molecular formula is C60H109NO8. The molecule has 402 valence electrons. The lowest BCUT2D eigenvalue weighted by Crippen LogP contribution is -2.44. The molecule has 0 saturated heterocycles. The SMILES string of the molecule is CC/C=C\C/C=C\C/C=C\CCCCCCCC(=O)OC(COC(=O)CCCCCCCCCCCCCCCCCCC/C=C\CCCCCCCCCC)COC(OCC[N+](C)(C)C)C(=O)[O-]. The van der Waals surface area contributed by atoms with Gasteiger partial charge in [-0.2, -0.15) is 0 Å². The van der Waals surface area contributed by atoms with E-state index in [0.717, 1.165) is 70.6 Å². The molecule has 0 fully saturated rings. The maximum absolute atomic E-state index is 12.8. The quantitative estimate of drug-likeness (QED) is 0.0195. The van der Waals surface area contributed by atoms with E-state index in [-0.39, 0.29) is 38.6 Å². The molecule has 0 aliphatic heterocycles. The number of nitrogens with zero attached hydrogens (tertiary/aromatic N) is 1. The average molecular weight is 973 g/mol. The molecule has 0 spiro atoms. The van der Waals surface area contributed by atoms with E-state index in [0.29, 0.717) is 17.4 Å². The Labute approximate surface area is 425 Å². The second-order valence-electron chi connectivity index (χ2n) is 20.5. The maximum atomic E-state index is 12.8. The van der Waals surface area contributed by atoms with Crippen molar-refractivity contribution in [1.29, 1.82) is 0 Å². The summed E-state index contributed by atoms with van der Waals surface area (Å²) in [6, 6.07) is 0. The van der Waals surface area contributed by atoms with E-state index in [1.54, 1.807) is 0 Å². The Bertz CT molecular complexity index is 1270. The third-order valence-electron chi connectivity index (χ3n) is 12.6. The van der Waals surface area contributed by atoms with E-state index in [1.165, 1.54) is 154 Å². The van der Waals surface area contributed by atoms with Gasteiger partial charge in [0, 0.05) is 12.8 Å². The third-order valence-corrected chi connectivity index (χ3v) is 12.6. The molecule has 0 aliphatic carbocycles. The van der Waals surface area contributed by atoms with E-state index in [1.807, 2.05) is 21.1 Å². The average Bonchev–Trinajstić information content (AvgIpc) is 3.31. The van der Waals surface area contributed by atoms with E-state index in [9.17, 15) is 19.5 Å². The molecule has 0 aromatic rings. The number of hydrogen-bond acceptors (Lipinski definition) is 8. The molecule has 0 radical (unpaired) electrons. The van der Waals surface area contributed by atoms with Gasteiger partial charge in [-0.05, 0) is 70.6 Å². The summed E-state index contributed by atoms with van der Waals surface area (Å²) in [6.07, 6.45) is 60.3. The van der Waals surface area contributed by atoms with Crippen LogP contribution in [0.25, 0.3) is 0 Å². The van der Waals surface area contributed by atoms with Gasteiger partial charge in [-0.1, -0.05) is 223 Å². The predicted molar refractivity (Wildman–Crippen MR) is 288 cm³/mol. The molecular weight excluding hydrogens is 863 g/mol. The minimum Gasteiger partial charge on any atom is -0.545 e. The van der Waals surface area contributed by atoms with Crippen LogP contribution in [0.3, 0.4) is 0 Å². The van der Waals surface area contributed by atoms with Gasteiger partial charge in [-0.15, -0.1) is 0 Å². The van der Waals surface area contributed by atoms with Crippen molar-refractivity contribution in [3.05, 3.63) is 48.6 Å². The standard InChI is InChI=1S/C60H109NO8/c1-6-8-10-12-14-16-18-20-22-23-24-25-26-27-28-29-30-31-32-33-34-35-37-38-40-42-44-46-48-50-57(62)67-54-56(55-68-60(59(64)65)66-53-52-61(3,4)5)69-58(63)51-49-47-45-43-41-39-36-21-19-17-15-13-11-9-7-2/h9,11,15,17,21,23-24,36,56,60H,6-8,10,12-14,16,18-20,22,25-35,37-55H2,1-5H3/b11-9-,17-15-,24-23-,36-21-. The predicted octanol–water partition coefficient (Wildman–Crippen LogP) is 15.3. The van der Waals surface area contributed by atoms with Crippen LogP contribution in [-0.4, -0.2) is 82.3 Å². The summed E-state index contributed by atoms with van der Waals surface area (Å²) in [4.78, 5) is 37.2. The number of carbonyl (C=O) groups excluding carboxylic acids is 3. The van der Waals surface area contributed by atoms with E-state index in [2.05, 4.69) is 62.5 Å². The molecule has 0 rings (SSSR count).